The van der Waals surface area contributed by atoms with Gasteiger partial charge in [-0.3, -0.25) is 9.69 Å². The molecule has 3 rings (SSSR count). The first-order chi connectivity index (χ1) is 11.9. The van der Waals surface area contributed by atoms with Gasteiger partial charge in [0.2, 0.25) is 5.91 Å². The number of anilines is 2. The highest BCUT2D eigenvalue weighted by Gasteiger charge is 2.38. The minimum Gasteiger partial charge on any atom is -0.317 e. The second-order valence-electron chi connectivity index (χ2n) is 5.94. The lowest BCUT2D eigenvalue weighted by atomic mass is 10.1. The van der Waals surface area contributed by atoms with Gasteiger partial charge in [0, 0.05) is 22.3 Å². The molecule has 1 heterocycles. The number of benzene rings is 2. The third-order valence-electron chi connectivity index (χ3n) is 4.05. The van der Waals surface area contributed by atoms with Gasteiger partial charge in [0.15, 0.2) is 0 Å². The monoisotopic (exact) mass is 361 g/mol. The lowest BCUT2D eigenvalue weighted by Crippen LogP contribution is -2.47. The Labute approximate surface area is 149 Å². The van der Waals surface area contributed by atoms with Crippen LogP contribution in [0.25, 0.3) is 0 Å². The molecule has 0 spiro atoms. The zero-order valence-electron chi connectivity index (χ0n) is 13.5. The van der Waals surface area contributed by atoms with Gasteiger partial charge in [-0.1, -0.05) is 18.5 Å². The highest BCUT2D eigenvalue weighted by molar-refractivity contribution is 6.30. The Hall–Kier alpha value is -2.60. The van der Waals surface area contributed by atoms with Crippen LogP contribution in [-0.2, 0) is 4.79 Å². The number of carbonyl (C=O) groups excluding carboxylic acids is 2. The van der Waals surface area contributed by atoms with Gasteiger partial charge in [-0.2, -0.15) is 0 Å². The molecule has 25 heavy (non-hydrogen) atoms. The fourth-order valence-corrected chi connectivity index (χ4v) is 2.94. The Kier molecular flexibility index (Phi) is 4.90. The van der Waals surface area contributed by atoms with Crippen molar-refractivity contribution in [3.05, 3.63) is 59.4 Å². The SMILES string of the molecule is C[C@H]1C[C@H](NC(=O)Nc2ccc(Cl)cc2)N(c2ccc(F)cc2)C1=O. The minimum atomic E-state index is -0.500. The summed E-state index contributed by atoms with van der Waals surface area (Å²) in [5, 5.41) is 6.07. The Morgan fingerprint density at radius 3 is 2.44 bits per heavy atom. The molecule has 3 amide bonds. The summed E-state index contributed by atoms with van der Waals surface area (Å²) in [5.74, 6) is -0.720. The number of nitrogens with zero attached hydrogens (tertiary/aromatic N) is 1. The van der Waals surface area contributed by atoms with Crippen molar-refractivity contribution in [3.63, 3.8) is 0 Å². The Morgan fingerprint density at radius 1 is 1.16 bits per heavy atom. The molecule has 130 valence electrons. The quantitative estimate of drug-likeness (QED) is 0.868. The van der Waals surface area contributed by atoms with E-state index >= 15 is 0 Å². The number of hydrogen-bond donors (Lipinski definition) is 2. The van der Waals surface area contributed by atoms with Crippen molar-refractivity contribution >= 4 is 34.9 Å². The fraction of sp³-hybridized carbons (Fsp3) is 0.222. The molecule has 2 atom stereocenters. The van der Waals surface area contributed by atoms with Gasteiger partial charge in [-0.05, 0) is 55.0 Å². The highest BCUT2D eigenvalue weighted by Crippen LogP contribution is 2.29. The van der Waals surface area contributed by atoms with Crippen LogP contribution >= 0.6 is 11.6 Å². The van der Waals surface area contributed by atoms with Crippen molar-refractivity contribution in [1.29, 1.82) is 0 Å². The van der Waals surface area contributed by atoms with Crippen LogP contribution in [0.15, 0.2) is 48.5 Å². The van der Waals surface area contributed by atoms with E-state index < -0.39 is 12.2 Å². The van der Waals surface area contributed by atoms with Crippen LogP contribution in [0.2, 0.25) is 5.02 Å². The molecule has 0 unspecified atom stereocenters. The number of halogens is 2. The van der Waals surface area contributed by atoms with Crippen molar-refractivity contribution in [2.45, 2.75) is 19.5 Å². The Bertz CT molecular complexity index is 780. The molecule has 1 aliphatic heterocycles. The van der Waals surface area contributed by atoms with Gasteiger partial charge < -0.3 is 10.6 Å². The predicted molar refractivity (Wildman–Crippen MR) is 95.1 cm³/mol. The van der Waals surface area contributed by atoms with Gasteiger partial charge in [-0.25, -0.2) is 9.18 Å². The van der Waals surface area contributed by atoms with Crippen LogP contribution in [0.5, 0.6) is 0 Å². The van der Waals surface area contributed by atoms with E-state index in [1.165, 1.54) is 29.2 Å². The summed E-state index contributed by atoms with van der Waals surface area (Å²) in [6.07, 6.45) is -0.0233. The van der Waals surface area contributed by atoms with Crippen molar-refractivity contribution in [1.82, 2.24) is 5.32 Å². The molecule has 0 aliphatic carbocycles. The van der Waals surface area contributed by atoms with Crippen LogP contribution in [0.1, 0.15) is 13.3 Å². The van der Waals surface area contributed by atoms with Crippen LogP contribution in [0.3, 0.4) is 0 Å². The van der Waals surface area contributed by atoms with Crippen molar-refractivity contribution < 1.29 is 14.0 Å². The summed E-state index contributed by atoms with van der Waals surface area (Å²) in [6.45, 7) is 1.80. The predicted octanol–water partition coefficient (Wildman–Crippen LogP) is 4.00. The van der Waals surface area contributed by atoms with E-state index in [0.717, 1.165) is 0 Å². The average Bonchev–Trinajstić information content (AvgIpc) is 2.85. The van der Waals surface area contributed by atoms with E-state index in [4.69, 9.17) is 11.6 Å². The summed E-state index contributed by atoms with van der Waals surface area (Å²) in [5.41, 5.74) is 1.14. The first-order valence-corrected chi connectivity index (χ1v) is 8.23. The molecule has 1 aliphatic rings. The van der Waals surface area contributed by atoms with Crippen molar-refractivity contribution in [3.8, 4) is 0 Å². The average molecular weight is 362 g/mol. The fourth-order valence-electron chi connectivity index (χ4n) is 2.82. The molecule has 0 saturated carbocycles. The molecule has 7 heteroatoms. The van der Waals surface area contributed by atoms with Crippen LogP contribution in [0, 0.1) is 11.7 Å². The van der Waals surface area contributed by atoms with Gasteiger partial charge in [0.25, 0.3) is 0 Å². The summed E-state index contributed by atoms with van der Waals surface area (Å²) in [4.78, 5) is 26.2. The van der Waals surface area contributed by atoms with Gasteiger partial charge in [-0.15, -0.1) is 0 Å². The largest absolute Gasteiger partial charge is 0.320 e. The zero-order valence-corrected chi connectivity index (χ0v) is 14.3. The van der Waals surface area contributed by atoms with Gasteiger partial charge in [0.1, 0.15) is 12.0 Å². The maximum atomic E-state index is 13.1. The van der Waals surface area contributed by atoms with Gasteiger partial charge in [0.05, 0.1) is 0 Å². The van der Waals surface area contributed by atoms with Crippen molar-refractivity contribution in [2.75, 3.05) is 10.2 Å². The lowest BCUT2D eigenvalue weighted by Gasteiger charge is -2.25. The number of carbonyl (C=O) groups is 2. The smallest absolute Gasteiger partial charge is 0.317 e. The zero-order chi connectivity index (χ0) is 18.0. The molecule has 5 nitrogen and oxygen atoms in total. The standard InChI is InChI=1S/C18H17ClFN3O2/c1-11-10-16(22-18(25)21-14-6-2-12(19)3-7-14)23(17(11)24)15-8-4-13(20)5-9-15/h2-9,11,16H,10H2,1H3,(H2,21,22,25)/t11-,16+/m0/s1. The van der Waals surface area contributed by atoms with Crippen LogP contribution < -0.4 is 15.5 Å². The van der Waals surface area contributed by atoms with E-state index in [0.29, 0.717) is 22.8 Å². The molecule has 0 aromatic heterocycles. The molecule has 0 radical (unpaired) electrons. The van der Waals surface area contributed by atoms with Crippen molar-refractivity contribution in [2.24, 2.45) is 5.92 Å². The maximum absolute atomic E-state index is 13.1. The molecule has 2 N–H and O–H groups in total. The highest BCUT2D eigenvalue weighted by atomic mass is 35.5. The molecular weight excluding hydrogens is 345 g/mol. The molecule has 0 bridgehead atoms. The first kappa shape index (κ1) is 17.2. The molecule has 1 fully saturated rings. The third-order valence-corrected chi connectivity index (χ3v) is 4.30. The van der Waals surface area contributed by atoms with E-state index in [2.05, 4.69) is 10.6 Å². The molecule has 2 aromatic rings. The molecular formula is C18H17ClFN3O2. The molecule has 1 saturated heterocycles. The van der Waals surface area contributed by atoms with Crippen LogP contribution in [0.4, 0.5) is 20.6 Å². The number of nitrogens with one attached hydrogen (secondary N) is 2. The summed E-state index contributed by atoms with van der Waals surface area (Å²) >= 11 is 5.82. The summed E-state index contributed by atoms with van der Waals surface area (Å²) < 4.78 is 13.1. The minimum absolute atomic E-state index is 0.108. The Morgan fingerprint density at radius 2 is 1.80 bits per heavy atom. The topological polar surface area (TPSA) is 61.4 Å². The van der Waals surface area contributed by atoms with E-state index in [9.17, 15) is 14.0 Å². The number of urea groups is 1. The third kappa shape index (κ3) is 3.91. The number of hydrogen-bond acceptors (Lipinski definition) is 2. The van der Waals surface area contributed by atoms with E-state index in [1.54, 1.807) is 31.2 Å². The first-order valence-electron chi connectivity index (χ1n) is 7.86. The van der Waals surface area contributed by atoms with Crippen LogP contribution in [-0.4, -0.2) is 18.1 Å². The maximum Gasteiger partial charge on any atom is 0.320 e. The number of rotatable bonds is 3. The second kappa shape index (κ2) is 7.11. The van der Waals surface area contributed by atoms with Gasteiger partial charge >= 0.3 is 6.03 Å². The number of amides is 3. The Balaban J connectivity index is 1.72. The van der Waals surface area contributed by atoms with E-state index in [1.807, 2.05) is 0 Å². The van der Waals surface area contributed by atoms with E-state index in [-0.39, 0.29) is 17.6 Å². The molecule has 2 aromatic carbocycles. The summed E-state index contributed by atoms with van der Waals surface area (Å²) in [6, 6.07) is 11.9. The normalized spacial score (nSPS) is 19.8. The summed E-state index contributed by atoms with van der Waals surface area (Å²) in [7, 11) is 0. The lowest BCUT2D eigenvalue weighted by molar-refractivity contribution is -0.120. The second-order valence-corrected chi connectivity index (χ2v) is 6.38.